The van der Waals surface area contributed by atoms with Crippen LogP contribution in [0.4, 0.5) is 0 Å². The van der Waals surface area contributed by atoms with Crippen molar-refractivity contribution in [1.82, 2.24) is 0 Å². The molecule has 0 aliphatic carbocycles. The monoisotopic (exact) mass is 242 g/mol. The maximum atomic E-state index is 5.56. The van der Waals surface area contributed by atoms with Crippen molar-refractivity contribution in [2.75, 3.05) is 19.8 Å². The summed E-state index contributed by atoms with van der Waals surface area (Å²) in [7, 11) is 0. The lowest BCUT2D eigenvalue weighted by Crippen LogP contribution is -2.15. The van der Waals surface area contributed by atoms with Crippen molar-refractivity contribution in [1.29, 1.82) is 0 Å². The highest BCUT2D eigenvalue weighted by atomic mass is 16.7. The topological polar surface area (TPSA) is 27.7 Å². The fourth-order valence-electron chi connectivity index (χ4n) is 1.44. The number of rotatable bonds is 10. The Morgan fingerprint density at radius 3 is 1.94 bits per heavy atom. The summed E-state index contributed by atoms with van der Waals surface area (Å²) in [5.41, 5.74) is 0. The molecule has 0 rings (SSSR count). The molecular formula is C14H26O3. The first kappa shape index (κ1) is 16.4. The Morgan fingerprint density at radius 1 is 0.882 bits per heavy atom. The van der Waals surface area contributed by atoms with Crippen molar-refractivity contribution in [2.45, 2.75) is 46.5 Å². The first-order chi connectivity index (χ1) is 8.28. The second-order valence-electron chi connectivity index (χ2n) is 3.46. The molecule has 0 aromatic carbocycles. The minimum absolute atomic E-state index is 0.144. The molecule has 1 atom stereocenters. The number of hydrogen-bond donors (Lipinski definition) is 0. The van der Waals surface area contributed by atoms with Gasteiger partial charge in [-0.2, -0.15) is 0 Å². The van der Waals surface area contributed by atoms with Gasteiger partial charge in [0.05, 0.1) is 6.10 Å². The Labute approximate surface area is 105 Å². The largest absolute Gasteiger partial charge is 0.374 e. The normalized spacial score (nSPS) is 14.2. The van der Waals surface area contributed by atoms with Crippen molar-refractivity contribution in [3.8, 4) is 0 Å². The zero-order chi connectivity index (χ0) is 12.9. The van der Waals surface area contributed by atoms with Gasteiger partial charge in [0.2, 0.25) is 0 Å². The molecule has 0 amide bonds. The van der Waals surface area contributed by atoms with Crippen LogP contribution in [0.15, 0.2) is 24.3 Å². The van der Waals surface area contributed by atoms with Gasteiger partial charge in [-0.1, -0.05) is 18.2 Å². The predicted molar refractivity (Wildman–Crippen MR) is 71.0 cm³/mol. The molecule has 0 aromatic rings. The molecular weight excluding hydrogens is 216 g/mol. The lowest BCUT2D eigenvalue weighted by atomic mass is 10.2. The average Bonchev–Trinajstić information content (AvgIpc) is 2.30. The van der Waals surface area contributed by atoms with Crippen LogP contribution in [-0.2, 0) is 14.2 Å². The van der Waals surface area contributed by atoms with Gasteiger partial charge in [0.1, 0.15) is 0 Å². The molecule has 0 N–H and O–H groups in total. The van der Waals surface area contributed by atoms with E-state index in [0.717, 1.165) is 13.0 Å². The summed E-state index contributed by atoms with van der Waals surface area (Å²) in [6.45, 7) is 9.95. The van der Waals surface area contributed by atoms with E-state index in [9.17, 15) is 0 Å². The number of allylic oxidation sites excluding steroid dienone is 1. The Kier molecular flexibility index (Phi) is 11.4. The molecule has 17 heavy (non-hydrogen) atoms. The van der Waals surface area contributed by atoms with Crippen molar-refractivity contribution in [3.05, 3.63) is 24.3 Å². The van der Waals surface area contributed by atoms with Gasteiger partial charge in [-0.05, 0) is 40.2 Å². The molecule has 0 radical (unpaired) electrons. The third-order valence-electron chi connectivity index (χ3n) is 2.11. The van der Waals surface area contributed by atoms with Crippen LogP contribution in [0.5, 0.6) is 0 Å². The molecule has 3 nitrogen and oxygen atoms in total. The minimum atomic E-state index is -0.238. The lowest BCUT2D eigenvalue weighted by Gasteiger charge is -2.13. The van der Waals surface area contributed by atoms with E-state index < -0.39 is 0 Å². The summed E-state index contributed by atoms with van der Waals surface area (Å²) in [6, 6.07) is 0. The van der Waals surface area contributed by atoms with E-state index in [1.54, 1.807) is 0 Å². The first-order valence-electron chi connectivity index (χ1n) is 6.42. The minimum Gasteiger partial charge on any atom is -0.374 e. The Morgan fingerprint density at radius 2 is 1.47 bits per heavy atom. The van der Waals surface area contributed by atoms with Crippen LogP contribution in [0.25, 0.3) is 0 Å². The Hall–Kier alpha value is -0.640. The van der Waals surface area contributed by atoms with Crippen molar-refractivity contribution in [3.63, 3.8) is 0 Å². The second-order valence-corrected chi connectivity index (χ2v) is 3.46. The summed E-state index contributed by atoms with van der Waals surface area (Å²) in [6.07, 6.45) is 8.82. The molecule has 0 aliphatic heterocycles. The Balaban J connectivity index is 4.08. The highest BCUT2D eigenvalue weighted by Gasteiger charge is 2.04. The van der Waals surface area contributed by atoms with Gasteiger partial charge in [0.25, 0.3) is 0 Å². The fraction of sp³-hybridized carbons (Fsp3) is 0.714. The van der Waals surface area contributed by atoms with Crippen molar-refractivity contribution in [2.24, 2.45) is 0 Å². The van der Waals surface area contributed by atoms with Gasteiger partial charge in [-0.15, -0.1) is 0 Å². The van der Waals surface area contributed by atoms with E-state index in [1.165, 1.54) is 0 Å². The van der Waals surface area contributed by atoms with Crippen LogP contribution in [0, 0.1) is 0 Å². The van der Waals surface area contributed by atoms with Crippen LogP contribution in [0.1, 0.15) is 34.1 Å². The molecule has 0 aromatic heterocycles. The van der Waals surface area contributed by atoms with Crippen LogP contribution in [0.3, 0.4) is 0 Å². The average molecular weight is 242 g/mol. The molecule has 0 spiro atoms. The van der Waals surface area contributed by atoms with E-state index in [0.29, 0.717) is 13.2 Å². The molecule has 0 aliphatic rings. The van der Waals surface area contributed by atoms with Crippen LogP contribution in [0.2, 0.25) is 0 Å². The predicted octanol–water partition coefficient (Wildman–Crippen LogP) is 3.31. The Bertz CT molecular complexity index is 206. The fourth-order valence-corrected chi connectivity index (χ4v) is 1.44. The number of hydrogen-bond acceptors (Lipinski definition) is 3. The molecule has 0 bridgehead atoms. The molecule has 0 fully saturated rings. The van der Waals surface area contributed by atoms with E-state index in [2.05, 4.69) is 12.2 Å². The quantitative estimate of drug-likeness (QED) is 0.434. The van der Waals surface area contributed by atoms with Crippen molar-refractivity contribution >= 4 is 0 Å². The van der Waals surface area contributed by atoms with Crippen molar-refractivity contribution < 1.29 is 14.2 Å². The molecule has 100 valence electrons. The van der Waals surface area contributed by atoms with Gasteiger partial charge < -0.3 is 14.2 Å². The highest BCUT2D eigenvalue weighted by Crippen LogP contribution is 2.04. The molecule has 0 heterocycles. The van der Waals surface area contributed by atoms with Crippen LogP contribution in [-0.4, -0.2) is 32.2 Å². The number of ether oxygens (including phenoxy) is 3. The smallest absolute Gasteiger partial charge is 0.176 e. The second kappa shape index (κ2) is 11.8. The third-order valence-corrected chi connectivity index (χ3v) is 2.11. The standard InChI is InChI=1S/C14H26O3/c1-5-10-13(15-6-2)11-9-12-14(16-7-3)17-8-4/h5,9-10,12-14H,6-8,11H2,1-4H3/b10-5+,12-9+. The molecule has 0 saturated heterocycles. The summed E-state index contributed by atoms with van der Waals surface area (Å²) in [5.74, 6) is 0. The van der Waals surface area contributed by atoms with Crippen LogP contribution >= 0.6 is 0 Å². The van der Waals surface area contributed by atoms with Gasteiger partial charge in [-0.25, -0.2) is 0 Å². The summed E-state index contributed by atoms with van der Waals surface area (Å²) >= 11 is 0. The van der Waals surface area contributed by atoms with Gasteiger partial charge in [0, 0.05) is 19.8 Å². The zero-order valence-electron chi connectivity index (χ0n) is 11.5. The summed E-state index contributed by atoms with van der Waals surface area (Å²) in [5, 5.41) is 0. The maximum Gasteiger partial charge on any atom is 0.176 e. The van der Waals surface area contributed by atoms with Gasteiger partial charge >= 0.3 is 0 Å². The highest BCUT2D eigenvalue weighted by molar-refractivity contribution is 4.95. The first-order valence-corrected chi connectivity index (χ1v) is 6.42. The lowest BCUT2D eigenvalue weighted by molar-refractivity contribution is -0.104. The molecule has 3 heteroatoms. The van der Waals surface area contributed by atoms with E-state index >= 15 is 0 Å². The zero-order valence-corrected chi connectivity index (χ0v) is 11.5. The SMILES string of the molecule is C/C=C/C(C/C=C/C(OCC)OCC)OCC. The van der Waals surface area contributed by atoms with E-state index in [-0.39, 0.29) is 12.4 Å². The molecule has 0 saturated carbocycles. The van der Waals surface area contributed by atoms with E-state index in [1.807, 2.05) is 39.8 Å². The van der Waals surface area contributed by atoms with Gasteiger partial charge in [0.15, 0.2) is 6.29 Å². The maximum absolute atomic E-state index is 5.56. The van der Waals surface area contributed by atoms with E-state index in [4.69, 9.17) is 14.2 Å². The van der Waals surface area contributed by atoms with Gasteiger partial charge in [-0.3, -0.25) is 0 Å². The van der Waals surface area contributed by atoms with Crippen LogP contribution < -0.4 is 0 Å². The summed E-state index contributed by atoms with van der Waals surface area (Å²) < 4.78 is 16.4. The summed E-state index contributed by atoms with van der Waals surface area (Å²) in [4.78, 5) is 0. The third kappa shape index (κ3) is 9.10. The molecule has 1 unspecified atom stereocenters.